The van der Waals surface area contributed by atoms with E-state index in [2.05, 4.69) is 5.32 Å². The Labute approximate surface area is 106 Å². The molecule has 0 saturated carbocycles. The molecule has 1 aromatic carbocycles. The third-order valence-electron chi connectivity index (χ3n) is 2.40. The van der Waals surface area contributed by atoms with Crippen LogP contribution in [0.5, 0.6) is 5.75 Å². The van der Waals surface area contributed by atoms with Crippen molar-refractivity contribution in [3.63, 3.8) is 0 Å². The Balaban J connectivity index is 2.65. The van der Waals surface area contributed by atoms with Crippen LogP contribution < -0.4 is 15.8 Å². The average Bonchev–Trinajstić information content (AvgIpc) is 2.33. The van der Waals surface area contributed by atoms with Gasteiger partial charge in [-0.3, -0.25) is 4.79 Å². The molecule has 0 heterocycles. The number of carbonyl (C=O) groups is 1. The lowest BCUT2D eigenvalue weighted by Gasteiger charge is -2.13. The average molecular weight is 254 g/mol. The summed E-state index contributed by atoms with van der Waals surface area (Å²) in [4.78, 5) is 11.4. The highest BCUT2D eigenvalue weighted by atomic mass is 19.1. The van der Waals surface area contributed by atoms with E-state index in [1.807, 2.05) is 6.92 Å². The van der Waals surface area contributed by atoms with E-state index in [-0.39, 0.29) is 18.6 Å². The summed E-state index contributed by atoms with van der Waals surface area (Å²) in [5, 5.41) is 2.68. The molecule has 0 unspecified atom stereocenters. The highest BCUT2D eigenvalue weighted by Crippen LogP contribution is 2.24. The predicted octanol–water partition coefficient (Wildman–Crippen LogP) is 1.75. The first-order valence-electron chi connectivity index (χ1n) is 5.99. The Kier molecular flexibility index (Phi) is 5.58. The van der Waals surface area contributed by atoms with Gasteiger partial charge in [0.25, 0.3) is 5.91 Å². The van der Waals surface area contributed by atoms with E-state index in [0.717, 1.165) is 6.42 Å². The van der Waals surface area contributed by atoms with Crippen LogP contribution in [0, 0.1) is 5.82 Å². The summed E-state index contributed by atoms with van der Waals surface area (Å²) in [6.07, 6.45) is 0.858. The van der Waals surface area contributed by atoms with Crippen LogP contribution in [0.1, 0.15) is 31.9 Å². The van der Waals surface area contributed by atoms with Gasteiger partial charge in [-0.25, -0.2) is 4.39 Å². The normalized spacial score (nSPS) is 12.0. The van der Waals surface area contributed by atoms with E-state index in [1.54, 1.807) is 13.0 Å². The molecule has 1 rings (SSSR count). The number of hydrogen-bond acceptors (Lipinski definition) is 3. The van der Waals surface area contributed by atoms with Gasteiger partial charge in [-0.2, -0.15) is 0 Å². The number of benzene rings is 1. The molecule has 18 heavy (non-hydrogen) atoms. The van der Waals surface area contributed by atoms with Gasteiger partial charge in [0.05, 0.1) is 0 Å². The van der Waals surface area contributed by atoms with Crippen molar-refractivity contribution in [3.05, 3.63) is 29.6 Å². The Morgan fingerprint density at radius 3 is 2.89 bits per heavy atom. The molecule has 0 aliphatic rings. The number of nitrogens with two attached hydrogens (primary N) is 1. The molecule has 0 aliphatic carbocycles. The zero-order valence-electron chi connectivity index (χ0n) is 10.7. The summed E-state index contributed by atoms with van der Waals surface area (Å²) in [7, 11) is 0. The fourth-order valence-corrected chi connectivity index (χ4v) is 1.47. The van der Waals surface area contributed by atoms with Gasteiger partial charge in [0, 0.05) is 24.2 Å². The van der Waals surface area contributed by atoms with Crippen molar-refractivity contribution in [2.75, 3.05) is 13.2 Å². The minimum atomic E-state index is -0.414. The number of amides is 1. The van der Waals surface area contributed by atoms with Gasteiger partial charge in [-0.15, -0.1) is 0 Å². The molecule has 0 saturated heterocycles. The summed E-state index contributed by atoms with van der Waals surface area (Å²) in [5.74, 6) is -0.322. The van der Waals surface area contributed by atoms with E-state index in [1.165, 1.54) is 12.1 Å². The molecule has 1 atom stereocenters. The highest BCUT2D eigenvalue weighted by Gasteiger charge is 2.11. The minimum absolute atomic E-state index is 0.136. The molecule has 0 radical (unpaired) electrons. The lowest BCUT2D eigenvalue weighted by Crippen LogP contribution is -2.29. The summed E-state index contributed by atoms with van der Waals surface area (Å²) in [6, 6.07) is 3.85. The Bertz CT molecular complexity index is 408. The van der Waals surface area contributed by atoms with E-state index in [4.69, 9.17) is 10.5 Å². The maximum atomic E-state index is 13.1. The van der Waals surface area contributed by atoms with Gasteiger partial charge in [0.1, 0.15) is 11.6 Å². The Morgan fingerprint density at radius 1 is 1.56 bits per heavy atom. The van der Waals surface area contributed by atoms with Gasteiger partial charge >= 0.3 is 0 Å². The second kappa shape index (κ2) is 6.96. The topological polar surface area (TPSA) is 64.3 Å². The molecule has 0 spiro atoms. The molecular weight excluding hydrogens is 235 g/mol. The minimum Gasteiger partial charge on any atom is -0.483 e. The van der Waals surface area contributed by atoms with Gasteiger partial charge in [-0.1, -0.05) is 13.0 Å². The van der Waals surface area contributed by atoms with Crippen LogP contribution in [0.2, 0.25) is 0 Å². The third kappa shape index (κ3) is 4.33. The molecule has 0 aromatic heterocycles. The van der Waals surface area contributed by atoms with Crippen molar-refractivity contribution in [2.45, 2.75) is 26.3 Å². The maximum Gasteiger partial charge on any atom is 0.257 e. The monoisotopic (exact) mass is 254 g/mol. The Hall–Kier alpha value is -1.62. The number of hydrogen-bond donors (Lipinski definition) is 2. The smallest absolute Gasteiger partial charge is 0.257 e. The highest BCUT2D eigenvalue weighted by molar-refractivity contribution is 5.77. The number of nitrogens with one attached hydrogen (secondary N) is 1. The van der Waals surface area contributed by atoms with E-state index < -0.39 is 5.82 Å². The summed E-state index contributed by atoms with van der Waals surface area (Å²) in [6.45, 7) is 4.20. The van der Waals surface area contributed by atoms with Crippen LogP contribution in [-0.4, -0.2) is 19.1 Å². The summed E-state index contributed by atoms with van der Waals surface area (Å²) >= 11 is 0. The van der Waals surface area contributed by atoms with E-state index >= 15 is 0 Å². The third-order valence-corrected chi connectivity index (χ3v) is 2.40. The fraction of sp³-hybridized carbons (Fsp3) is 0.462. The molecule has 3 N–H and O–H groups in total. The quantitative estimate of drug-likeness (QED) is 0.813. The standard InChI is InChI=1S/C13H19FN2O2/c1-3-6-16-13(17)8-18-12-7-10(14)4-5-11(12)9(2)15/h4-5,7,9H,3,6,8,15H2,1-2H3,(H,16,17)/t9-/m1/s1. The molecule has 1 amide bonds. The first-order chi connectivity index (χ1) is 8.54. The lowest BCUT2D eigenvalue weighted by atomic mass is 10.1. The maximum absolute atomic E-state index is 13.1. The molecule has 100 valence electrons. The summed E-state index contributed by atoms with van der Waals surface area (Å²) < 4.78 is 18.4. The number of ether oxygens (including phenoxy) is 1. The zero-order chi connectivity index (χ0) is 13.5. The first kappa shape index (κ1) is 14.4. The molecular formula is C13H19FN2O2. The van der Waals surface area contributed by atoms with Crippen LogP contribution in [0.3, 0.4) is 0 Å². The van der Waals surface area contributed by atoms with Crippen LogP contribution >= 0.6 is 0 Å². The summed E-state index contributed by atoms with van der Waals surface area (Å²) in [5.41, 5.74) is 6.43. The van der Waals surface area contributed by atoms with Gasteiger partial charge in [0.2, 0.25) is 0 Å². The van der Waals surface area contributed by atoms with Gasteiger partial charge < -0.3 is 15.8 Å². The van der Waals surface area contributed by atoms with Crippen LogP contribution in [-0.2, 0) is 4.79 Å². The molecule has 0 aliphatic heterocycles. The van der Waals surface area contributed by atoms with E-state index in [9.17, 15) is 9.18 Å². The molecule has 1 aromatic rings. The molecule has 4 nitrogen and oxygen atoms in total. The van der Waals surface area contributed by atoms with Gasteiger partial charge in [-0.05, 0) is 19.4 Å². The van der Waals surface area contributed by atoms with Crippen molar-refractivity contribution >= 4 is 5.91 Å². The number of halogens is 1. The van der Waals surface area contributed by atoms with Crippen LogP contribution in [0.25, 0.3) is 0 Å². The molecule has 0 bridgehead atoms. The lowest BCUT2D eigenvalue weighted by molar-refractivity contribution is -0.123. The Morgan fingerprint density at radius 2 is 2.28 bits per heavy atom. The zero-order valence-corrected chi connectivity index (χ0v) is 10.7. The predicted molar refractivity (Wildman–Crippen MR) is 67.8 cm³/mol. The van der Waals surface area contributed by atoms with Crippen molar-refractivity contribution in [1.82, 2.24) is 5.32 Å². The largest absolute Gasteiger partial charge is 0.483 e. The second-order valence-corrected chi connectivity index (χ2v) is 4.11. The number of carbonyl (C=O) groups excluding carboxylic acids is 1. The van der Waals surface area contributed by atoms with Crippen molar-refractivity contribution in [2.24, 2.45) is 5.73 Å². The van der Waals surface area contributed by atoms with Crippen LogP contribution in [0.15, 0.2) is 18.2 Å². The second-order valence-electron chi connectivity index (χ2n) is 4.11. The first-order valence-corrected chi connectivity index (χ1v) is 5.99. The van der Waals surface area contributed by atoms with Crippen molar-refractivity contribution in [1.29, 1.82) is 0 Å². The van der Waals surface area contributed by atoms with E-state index in [0.29, 0.717) is 17.9 Å². The van der Waals surface area contributed by atoms with Crippen LogP contribution in [0.4, 0.5) is 4.39 Å². The number of rotatable bonds is 6. The van der Waals surface area contributed by atoms with Crippen molar-refractivity contribution < 1.29 is 13.9 Å². The SMILES string of the molecule is CCCNC(=O)COc1cc(F)ccc1[C@@H](C)N. The van der Waals surface area contributed by atoms with Gasteiger partial charge in [0.15, 0.2) is 6.61 Å². The fourth-order valence-electron chi connectivity index (χ4n) is 1.47. The van der Waals surface area contributed by atoms with Crippen molar-refractivity contribution in [3.8, 4) is 5.75 Å². The molecule has 0 fully saturated rings. The molecule has 5 heteroatoms.